The summed E-state index contributed by atoms with van der Waals surface area (Å²) in [4.78, 5) is 9.64. The highest BCUT2D eigenvalue weighted by Crippen LogP contribution is 2.18. The van der Waals surface area contributed by atoms with Gasteiger partial charge in [-0.2, -0.15) is 0 Å². The van der Waals surface area contributed by atoms with E-state index in [1.807, 2.05) is 0 Å². The van der Waals surface area contributed by atoms with Crippen molar-refractivity contribution in [1.29, 1.82) is 0 Å². The van der Waals surface area contributed by atoms with E-state index in [1.165, 1.54) is 12.1 Å². The van der Waals surface area contributed by atoms with E-state index in [2.05, 4.69) is 0 Å². The molecule has 0 spiro atoms. The first-order valence-electron chi connectivity index (χ1n) is 5.04. The molecule has 6 heteroatoms. The summed E-state index contributed by atoms with van der Waals surface area (Å²) in [6.45, 7) is 0. The highest BCUT2D eigenvalue weighted by atomic mass is 16.6. The minimum atomic E-state index is -0.505. The fraction of sp³-hybridized carbons (Fsp3) is 0. The lowest BCUT2D eigenvalue weighted by Crippen LogP contribution is -1.93. The largest absolute Gasteiger partial charge is 0.506 e. The van der Waals surface area contributed by atoms with Crippen LogP contribution in [0.1, 0.15) is 0 Å². The second kappa shape index (κ2) is 6.09. The number of phenols is 1. The number of hydrogen-bond donors (Lipinski definition) is 3. The number of nitro groups is 1. The number of nitro benzene ring substituents is 1. The second-order valence-electron chi connectivity index (χ2n) is 3.37. The van der Waals surface area contributed by atoms with Crippen LogP contribution in [-0.4, -0.2) is 10.0 Å². The van der Waals surface area contributed by atoms with E-state index in [-0.39, 0.29) is 17.1 Å². The highest BCUT2D eigenvalue weighted by Gasteiger charge is 2.07. The lowest BCUT2D eigenvalue weighted by Gasteiger charge is -1.92. The SMILES string of the molecule is Nc1ccccc1O.Nc1ccccc1[N+](=O)[O-]. The number of anilines is 2. The first-order chi connectivity index (χ1) is 8.52. The average Bonchev–Trinajstić information content (AvgIpc) is 2.34. The number of nitrogens with two attached hydrogens (primary N) is 2. The number of nitrogen functional groups attached to an aromatic ring is 2. The van der Waals surface area contributed by atoms with Crippen LogP contribution in [0, 0.1) is 10.1 Å². The highest BCUT2D eigenvalue weighted by molar-refractivity contribution is 5.57. The van der Waals surface area contributed by atoms with Crippen LogP contribution in [0.3, 0.4) is 0 Å². The van der Waals surface area contributed by atoms with Crippen molar-refractivity contribution in [2.24, 2.45) is 0 Å². The van der Waals surface area contributed by atoms with Gasteiger partial charge in [-0.3, -0.25) is 10.1 Å². The van der Waals surface area contributed by atoms with Gasteiger partial charge in [-0.05, 0) is 18.2 Å². The molecule has 6 nitrogen and oxygen atoms in total. The van der Waals surface area contributed by atoms with Crippen LogP contribution >= 0.6 is 0 Å². The summed E-state index contributed by atoms with van der Waals surface area (Å²) in [6, 6.07) is 12.8. The predicted octanol–water partition coefficient (Wildman–Crippen LogP) is 2.15. The van der Waals surface area contributed by atoms with E-state index in [1.54, 1.807) is 36.4 Å². The van der Waals surface area contributed by atoms with Gasteiger partial charge in [-0.25, -0.2) is 0 Å². The third-order valence-corrected chi connectivity index (χ3v) is 2.07. The molecule has 2 aromatic rings. The van der Waals surface area contributed by atoms with E-state index < -0.39 is 4.92 Å². The Morgan fingerprint density at radius 3 is 1.78 bits per heavy atom. The molecular formula is C12H13N3O3. The molecule has 0 aliphatic heterocycles. The van der Waals surface area contributed by atoms with Gasteiger partial charge in [-0.1, -0.05) is 24.3 Å². The van der Waals surface area contributed by atoms with Crippen LogP contribution < -0.4 is 11.5 Å². The summed E-state index contributed by atoms with van der Waals surface area (Å²) in [5.41, 5.74) is 11.1. The first-order valence-corrected chi connectivity index (χ1v) is 5.04. The number of phenolic OH excluding ortho intramolecular Hbond substituents is 1. The lowest BCUT2D eigenvalue weighted by molar-refractivity contribution is -0.383. The Bertz CT molecular complexity index is 523. The molecule has 5 N–H and O–H groups in total. The molecule has 0 bridgehead atoms. The third-order valence-electron chi connectivity index (χ3n) is 2.07. The average molecular weight is 247 g/mol. The Kier molecular flexibility index (Phi) is 4.50. The van der Waals surface area contributed by atoms with Gasteiger partial charge in [0, 0.05) is 6.07 Å². The summed E-state index contributed by atoms with van der Waals surface area (Å²) in [5.74, 6) is 0.146. The standard InChI is InChI=1S/C6H6N2O2.C6H7NO/c7-5-3-1-2-4-6(5)8(9)10;7-5-3-1-2-4-6(5)8/h1-4H,7H2;1-4,8H,7H2. The molecule has 0 atom stereocenters. The summed E-state index contributed by atoms with van der Waals surface area (Å²) in [5, 5.41) is 18.9. The fourth-order valence-corrected chi connectivity index (χ4v) is 1.14. The molecule has 0 fully saturated rings. The number of benzene rings is 2. The number of aromatic hydroxyl groups is 1. The normalized spacial score (nSPS) is 9.11. The van der Waals surface area contributed by atoms with Crippen molar-refractivity contribution in [3.05, 3.63) is 58.6 Å². The predicted molar refractivity (Wildman–Crippen MR) is 70.0 cm³/mol. The summed E-state index contributed by atoms with van der Waals surface area (Å²) in [7, 11) is 0. The summed E-state index contributed by atoms with van der Waals surface area (Å²) >= 11 is 0. The molecular weight excluding hydrogens is 234 g/mol. The number of para-hydroxylation sites is 4. The molecule has 0 aromatic heterocycles. The van der Waals surface area contributed by atoms with Crippen LogP contribution in [0.25, 0.3) is 0 Å². The van der Waals surface area contributed by atoms with Crippen LogP contribution in [0.15, 0.2) is 48.5 Å². The third kappa shape index (κ3) is 3.67. The number of nitrogens with zero attached hydrogens (tertiary/aromatic N) is 1. The van der Waals surface area contributed by atoms with Gasteiger partial charge in [0.25, 0.3) is 5.69 Å². The maximum atomic E-state index is 10.1. The Hall–Kier alpha value is -2.76. The Morgan fingerprint density at radius 2 is 1.44 bits per heavy atom. The van der Waals surface area contributed by atoms with E-state index in [4.69, 9.17) is 16.6 Å². The van der Waals surface area contributed by atoms with Crippen molar-refractivity contribution in [3.8, 4) is 5.75 Å². The minimum absolute atomic E-state index is 0.0394. The van der Waals surface area contributed by atoms with Gasteiger partial charge in [0.1, 0.15) is 11.4 Å². The van der Waals surface area contributed by atoms with E-state index in [0.717, 1.165) is 0 Å². The van der Waals surface area contributed by atoms with Crippen molar-refractivity contribution in [2.75, 3.05) is 11.5 Å². The van der Waals surface area contributed by atoms with Crippen LogP contribution in [0.4, 0.5) is 17.1 Å². The number of rotatable bonds is 1. The van der Waals surface area contributed by atoms with Crippen LogP contribution in [0.5, 0.6) is 5.75 Å². The molecule has 0 saturated heterocycles. The van der Waals surface area contributed by atoms with Crippen molar-refractivity contribution in [3.63, 3.8) is 0 Å². The lowest BCUT2D eigenvalue weighted by atomic mass is 10.3. The van der Waals surface area contributed by atoms with E-state index in [9.17, 15) is 10.1 Å². The van der Waals surface area contributed by atoms with Crippen molar-refractivity contribution in [1.82, 2.24) is 0 Å². The van der Waals surface area contributed by atoms with Gasteiger partial charge in [0.2, 0.25) is 0 Å². The van der Waals surface area contributed by atoms with Gasteiger partial charge in [0.15, 0.2) is 0 Å². The fourth-order valence-electron chi connectivity index (χ4n) is 1.14. The molecule has 0 amide bonds. The smallest absolute Gasteiger partial charge is 0.292 e. The monoisotopic (exact) mass is 247 g/mol. The Morgan fingerprint density at radius 1 is 0.944 bits per heavy atom. The molecule has 2 rings (SSSR count). The van der Waals surface area contributed by atoms with Gasteiger partial charge in [-0.15, -0.1) is 0 Å². The first kappa shape index (κ1) is 13.3. The van der Waals surface area contributed by atoms with E-state index in [0.29, 0.717) is 5.69 Å². The van der Waals surface area contributed by atoms with Crippen LogP contribution in [-0.2, 0) is 0 Å². The van der Waals surface area contributed by atoms with Gasteiger partial charge >= 0.3 is 0 Å². The molecule has 0 aliphatic rings. The quantitative estimate of drug-likeness (QED) is 0.309. The molecule has 94 valence electrons. The zero-order valence-electron chi connectivity index (χ0n) is 9.48. The summed E-state index contributed by atoms with van der Waals surface area (Å²) in [6.07, 6.45) is 0. The molecule has 0 aliphatic carbocycles. The Labute approximate surface area is 104 Å². The van der Waals surface area contributed by atoms with E-state index >= 15 is 0 Å². The molecule has 18 heavy (non-hydrogen) atoms. The zero-order valence-corrected chi connectivity index (χ0v) is 9.48. The van der Waals surface area contributed by atoms with Crippen molar-refractivity contribution < 1.29 is 10.0 Å². The molecule has 0 saturated carbocycles. The maximum Gasteiger partial charge on any atom is 0.292 e. The van der Waals surface area contributed by atoms with Crippen molar-refractivity contribution >= 4 is 17.1 Å². The van der Waals surface area contributed by atoms with Gasteiger partial charge < -0.3 is 16.6 Å². The second-order valence-corrected chi connectivity index (χ2v) is 3.37. The maximum absolute atomic E-state index is 10.1. The Balaban J connectivity index is 0.000000184. The minimum Gasteiger partial charge on any atom is -0.506 e. The molecule has 0 unspecified atom stereocenters. The van der Waals surface area contributed by atoms with Crippen molar-refractivity contribution in [2.45, 2.75) is 0 Å². The zero-order chi connectivity index (χ0) is 13.5. The molecule has 0 radical (unpaired) electrons. The summed E-state index contributed by atoms with van der Waals surface area (Å²) < 4.78 is 0. The van der Waals surface area contributed by atoms with Crippen LogP contribution in [0.2, 0.25) is 0 Å². The molecule has 0 heterocycles. The topological polar surface area (TPSA) is 115 Å². The number of hydrogen-bond acceptors (Lipinski definition) is 5. The van der Waals surface area contributed by atoms with Gasteiger partial charge in [0.05, 0.1) is 10.6 Å². The molecule has 2 aromatic carbocycles.